The molecule has 0 radical (unpaired) electrons. The fourth-order valence-electron chi connectivity index (χ4n) is 12.6. The lowest BCUT2D eigenvalue weighted by Crippen LogP contribution is -2.85. The molecule has 0 unspecified atom stereocenters. The number of aliphatic hydroxyl groups is 6. The predicted octanol–water partition coefficient (Wildman–Crippen LogP) is 1.36. The SMILES string of the molecule is COc1ccc(C(=O)O[C@H]2CC[C@@]3(C)[C@H]4CC[C@@H]5[C@@]6(O)C[C@@H](O)[C@]7(O)[C@H](CN8C[C@H](C)CC[C@H]8[C@]7(C)O)[C@@]6(O)C[C@@]53O[C@]24O)cc1OC. The number of hydrogen-bond acceptors (Lipinski definition) is 12. The second-order valence-corrected chi connectivity index (χ2v) is 16.8. The lowest BCUT2D eigenvalue weighted by Gasteiger charge is -2.68. The fraction of sp³-hybridized carbons (Fsp3) is 0.806. The van der Waals surface area contributed by atoms with Gasteiger partial charge in [0.25, 0.3) is 0 Å². The number of methoxy groups -OCH3 is 2. The Morgan fingerprint density at radius 2 is 1.60 bits per heavy atom. The smallest absolute Gasteiger partial charge is 0.338 e. The summed E-state index contributed by atoms with van der Waals surface area (Å²) < 4.78 is 23.5. The Kier molecular flexibility index (Phi) is 6.94. The normalized spacial score (nSPS) is 53.6. The molecule has 1 aromatic rings. The lowest BCUT2D eigenvalue weighted by atomic mass is 9.49. The van der Waals surface area contributed by atoms with Crippen LogP contribution in [0.2, 0.25) is 0 Å². The zero-order valence-electron chi connectivity index (χ0n) is 28.5. The van der Waals surface area contributed by atoms with Crippen molar-refractivity contribution in [2.45, 2.75) is 124 Å². The Morgan fingerprint density at radius 1 is 0.896 bits per heavy atom. The van der Waals surface area contributed by atoms with Crippen molar-refractivity contribution in [3.63, 3.8) is 0 Å². The van der Waals surface area contributed by atoms with Crippen molar-refractivity contribution in [2.24, 2.45) is 29.1 Å². The number of hydrogen-bond donors (Lipinski definition) is 6. The largest absolute Gasteiger partial charge is 0.493 e. The molecule has 4 bridgehead atoms. The van der Waals surface area contributed by atoms with Gasteiger partial charge in [0.2, 0.25) is 5.79 Å². The van der Waals surface area contributed by atoms with Crippen LogP contribution in [0.5, 0.6) is 11.5 Å². The minimum atomic E-state index is -2.10. The Hall–Kier alpha value is -2.03. The van der Waals surface area contributed by atoms with Gasteiger partial charge in [-0.05, 0) is 69.6 Å². The molecular weight excluding hydrogens is 622 g/mol. The highest BCUT2D eigenvalue weighted by molar-refractivity contribution is 5.90. The number of esters is 1. The predicted molar refractivity (Wildman–Crippen MR) is 169 cm³/mol. The molecule has 8 rings (SSSR count). The average molecular weight is 674 g/mol. The van der Waals surface area contributed by atoms with Crippen LogP contribution in [0.1, 0.15) is 82.5 Å². The van der Waals surface area contributed by atoms with Crippen LogP contribution in [0.3, 0.4) is 0 Å². The molecule has 12 nitrogen and oxygen atoms in total. The molecule has 0 aromatic heterocycles. The highest BCUT2D eigenvalue weighted by Gasteiger charge is 2.88. The van der Waals surface area contributed by atoms with Crippen molar-refractivity contribution in [2.75, 3.05) is 27.3 Å². The zero-order valence-corrected chi connectivity index (χ0v) is 28.5. The first-order valence-electron chi connectivity index (χ1n) is 17.6. The Labute approximate surface area is 280 Å². The lowest BCUT2D eigenvalue weighted by molar-refractivity contribution is -0.354. The molecule has 3 heterocycles. The first-order chi connectivity index (χ1) is 22.5. The van der Waals surface area contributed by atoms with Crippen LogP contribution in [0.15, 0.2) is 18.2 Å². The third-order valence-electron chi connectivity index (χ3n) is 14.9. The summed E-state index contributed by atoms with van der Waals surface area (Å²) in [6.07, 6.45) is 0.172. The topological polar surface area (TPSA) is 179 Å². The van der Waals surface area contributed by atoms with E-state index in [-0.39, 0.29) is 24.9 Å². The van der Waals surface area contributed by atoms with E-state index in [1.54, 1.807) is 19.1 Å². The summed E-state index contributed by atoms with van der Waals surface area (Å²) in [5, 5.41) is 74.7. The highest BCUT2D eigenvalue weighted by atomic mass is 16.7. The minimum absolute atomic E-state index is 0.101. The summed E-state index contributed by atoms with van der Waals surface area (Å²) in [6, 6.07) is 4.28. The van der Waals surface area contributed by atoms with Crippen molar-refractivity contribution in [1.82, 2.24) is 4.90 Å². The van der Waals surface area contributed by atoms with Crippen LogP contribution in [0.4, 0.5) is 0 Å². The number of carbonyl (C=O) groups excluding carboxylic acids is 1. The third kappa shape index (κ3) is 3.66. The van der Waals surface area contributed by atoms with Crippen molar-refractivity contribution in [3.05, 3.63) is 23.8 Å². The van der Waals surface area contributed by atoms with Crippen LogP contribution in [-0.2, 0) is 9.47 Å². The number of rotatable bonds is 4. The monoisotopic (exact) mass is 673 g/mol. The van der Waals surface area contributed by atoms with E-state index in [0.29, 0.717) is 56.1 Å². The molecule has 48 heavy (non-hydrogen) atoms. The maximum atomic E-state index is 13.5. The van der Waals surface area contributed by atoms with Gasteiger partial charge in [0.15, 0.2) is 17.6 Å². The maximum Gasteiger partial charge on any atom is 0.338 e. The Morgan fingerprint density at radius 3 is 2.31 bits per heavy atom. The number of aliphatic hydroxyl groups excluding tert-OH is 1. The summed E-state index contributed by atoms with van der Waals surface area (Å²) in [6.45, 7) is 6.57. The van der Waals surface area contributed by atoms with Gasteiger partial charge in [-0.2, -0.15) is 0 Å². The molecule has 7 fully saturated rings. The summed E-state index contributed by atoms with van der Waals surface area (Å²) in [5.41, 5.74) is -9.44. The molecular formula is C36H51NO11. The second-order valence-electron chi connectivity index (χ2n) is 16.8. The van der Waals surface area contributed by atoms with Crippen LogP contribution >= 0.6 is 0 Å². The van der Waals surface area contributed by atoms with Gasteiger partial charge in [-0.1, -0.05) is 13.8 Å². The molecule has 3 aliphatic heterocycles. The van der Waals surface area contributed by atoms with E-state index in [1.807, 2.05) is 6.92 Å². The van der Waals surface area contributed by atoms with E-state index in [0.717, 1.165) is 6.42 Å². The second kappa shape index (κ2) is 10.1. The molecule has 4 aliphatic carbocycles. The van der Waals surface area contributed by atoms with Gasteiger partial charge in [0, 0.05) is 55.1 Å². The number of piperidine rings is 2. The molecule has 12 heteroatoms. The average Bonchev–Trinajstić information content (AvgIpc) is 3.21. The first-order valence-corrected chi connectivity index (χ1v) is 17.6. The van der Waals surface area contributed by atoms with Gasteiger partial charge in [-0.15, -0.1) is 0 Å². The van der Waals surface area contributed by atoms with Crippen LogP contribution < -0.4 is 9.47 Å². The maximum absolute atomic E-state index is 13.5. The zero-order chi connectivity index (χ0) is 34.4. The van der Waals surface area contributed by atoms with Crippen LogP contribution in [-0.4, -0.2) is 121 Å². The molecule has 14 atom stereocenters. The van der Waals surface area contributed by atoms with Gasteiger partial charge in [0.1, 0.15) is 22.4 Å². The van der Waals surface area contributed by atoms with Gasteiger partial charge in [-0.25, -0.2) is 4.79 Å². The summed E-state index contributed by atoms with van der Waals surface area (Å²) >= 11 is 0. The molecule has 1 aromatic carbocycles. The number of fused-ring (bicyclic) bond motifs is 5. The Bertz CT molecular complexity index is 1520. The van der Waals surface area contributed by atoms with Gasteiger partial charge in [-0.3, -0.25) is 4.90 Å². The minimum Gasteiger partial charge on any atom is -0.493 e. The summed E-state index contributed by atoms with van der Waals surface area (Å²) in [5.74, 6) is -3.63. The van der Waals surface area contributed by atoms with Crippen molar-refractivity contribution in [3.8, 4) is 11.5 Å². The van der Waals surface area contributed by atoms with Crippen LogP contribution in [0.25, 0.3) is 0 Å². The van der Waals surface area contributed by atoms with Crippen molar-refractivity contribution in [1.29, 1.82) is 0 Å². The standard InChI is InChI=1S/C36H51NO11/c1-19-6-11-26-31(3,40)35(43)25(17-37(26)16-19)33(42)18-34-24(32(33,41)15-27(35)38)10-9-23-30(34,2)13-12-28(36(23,44)48-34)47-29(39)20-7-8-21(45-4)22(14-20)46-5/h7-8,14,19,23-28,38,40-44H,6,9-13,15-18H2,1-5H3/t19-,23-,24-,25-,26+,27-,28+,30+,31+,32+,33+,34-,35-,36+/m1/s1. The summed E-state index contributed by atoms with van der Waals surface area (Å²) in [4.78, 5) is 15.6. The van der Waals surface area contributed by atoms with E-state index in [9.17, 15) is 35.4 Å². The number of benzene rings is 1. The molecule has 3 saturated heterocycles. The quantitative estimate of drug-likeness (QED) is 0.253. The number of carbonyl (C=O) groups is 1. The molecule has 0 amide bonds. The van der Waals surface area contributed by atoms with E-state index < -0.39 is 81.2 Å². The third-order valence-corrected chi connectivity index (χ3v) is 14.9. The van der Waals surface area contributed by atoms with Crippen molar-refractivity contribution < 1.29 is 54.4 Å². The van der Waals surface area contributed by atoms with E-state index >= 15 is 0 Å². The van der Waals surface area contributed by atoms with E-state index in [2.05, 4.69) is 11.8 Å². The molecule has 4 saturated carbocycles. The molecule has 1 spiro atoms. The van der Waals surface area contributed by atoms with Crippen LogP contribution in [0, 0.1) is 29.1 Å². The number of ether oxygens (including phenoxy) is 4. The Balaban J connectivity index is 1.16. The highest BCUT2D eigenvalue weighted by Crippen LogP contribution is 2.78. The van der Waals surface area contributed by atoms with E-state index in [4.69, 9.17) is 18.9 Å². The summed E-state index contributed by atoms with van der Waals surface area (Å²) in [7, 11) is 2.97. The molecule has 266 valence electrons. The fourth-order valence-corrected chi connectivity index (χ4v) is 12.6. The van der Waals surface area contributed by atoms with Gasteiger partial charge >= 0.3 is 5.97 Å². The van der Waals surface area contributed by atoms with Gasteiger partial charge in [0.05, 0.1) is 31.5 Å². The van der Waals surface area contributed by atoms with Gasteiger partial charge < -0.3 is 49.6 Å². The van der Waals surface area contributed by atoms with E-state index in [1.165, 1.54) is 20.3 Å². The molecule has 7 aliphatic rings. The molecule has 6 N–H and O–H groups in total. The number of nitrogens with zero attached hydrogens (tertiary/aromatic N) is 1. The van der Waals surface area contributed by atoms with Crippen molar-refractivity contribution >= 4 is 5.97 Å². The first kappa shape index (κ1) is 33.1.